The third-order valence-corrected chi connectivity index (χ3v) is 7.63. The molecule has 1 heterocycles. The van der Waals surface area contributed by atoms with Crippen molar-refractivity contribution in [2.75, 3.05) is 18.5 Å². The number of hydrogen-bond acceptors (Lipinski definition) is 9. The molecule has 0 unspecified atom stereocenters. The summed E-state index contributed by atoms with van der Waals surface area (Å²) in [5, 5.41) is 6.71. The number of fused-ring (bicyclic) bond motifs is 1. The minimum atomic E-state index is -0.988. The highest BCUT2D eigenvalue weighted by Crippen LogP contribution is 2.40. The van der Waals surface area contributed by atoms with Gasteiger partial charge in [-0.25, -0.2) is 15.0 Å². The molecule has 1 aliphatic rings. The molecule has 2 aromatic carbocycles. The highest BCUT2D eigenvalue weighted by Gasteiger charge is 2.30. The normalized spacial score (nSPS) is 14.1. The highest BCUT2D eigenvalue weighted by atomic mass is 32.1. The van der Waals surface area contributed by atoms with Crippen LogP contribution in [-0.4, -0.2) is 43.2 Å². The lowest BCUT2D eigenvalue weighted by Crippen LogP contribution is -2.32. The average molecular weight is 592 g/mol. The Hall–Kier alpha value is -4.51. The number of ether oxygens (including phenoxy) is 3. The van der Waals surface area contributed by atoms with Crippen LogP contribution < -0.4 is 20.2 Å². The van der Waals surface area contributed by atoms with Gasteiger partial charge in [0.1, 0.15) is 16.5 Å². The van der Waals surface area contributed by atoms with Gasteiger partial charge in [-0.15, -0.1) is 11.3 Å². The molecule has 1 aliphatic carbocycles. The van der Waals surface area contributed by atoms with Crippen LogP contribution in [0.4, 0.5) is 5.00 Å². The number of rotatable bonds is 10. The van der Waals surface area contributed by atoms with Gasteiger partial charge in [0.15, 0.2) is 0 Å². The molecule has 0 fully saturated rings. The third kappa shape index (κ3) is 7.82. The van der Waals surface area contributed by atoms with Crippen LogP contribution in [0.15, 0.2) is 53.6 Å². The summed E-state index contributed by atoms with van der Waals surface area (Å²) in [6, 6.07) is 13.2. The molecule has 0 aliphatic heterocycles. The molecular formula is C31H33N3O7S. The lowest BCUT2D eigenvalue weighted by molar-refractivity contribution is -0.136. The van der Waals surface area contributed by atoms with Gasteiger partial charge < -0.3 is 19.5 Å². The Morgan fingerprint density at radius 1 is 0.976 bits per heavy atom. The zero-order chi connectivity index (χ0) is 30.1. The van der Waals surface area contributed by atoms with E-state index >= 15 is 0 Å². The molecule has 42 heavy (non-hydrogen) atoms. The summed E-state index contributed by atoms with van der Waals surface area (Å²) >= 11 is 1.30. The van der Waals surface area contributed by atoms with Gasteiger partial charge in [-0.05, 0) is 98.2 Å². The van der Waals surface area contributed by atoms with E-state index in [1.165, 1.54) is 17.6 Å². The van der Waals surface area contributed by atoms with Crippen molar-refractivity contribution in [1.82, 2.24) is 5.43 Å². The van der Waals surface area contributed by atoms with Gasteiger partial charge in [0.2, 0.25) is 0 Å². The molecule has 220 valence electrons. The molecule has 0 saturated carbocycles. The number of hydrazone groups is 1. The van der Waals surface area contributed by atoms with Crippen molar-refractivity contribution in [1.29, 1.82) is 0 Å². The number of carbonyl (C=O) groups excluding carboxylic acids is 4. The van der Waals surface area contributed by atoms with E-state index in [0.717, 1.165) is 29.7 Å². The summed E-state index contributed by atoms with van der Waals surface area (Å²) in [6.07, 6.45) is 4.69. The minimum Gasteiger partial charge on any atom is -0.494 e. The van der Waals surface area contributed by atoms with Gasteiger partial charge in [-0.3, -0.25) is 9.59 Å². The fraction of sp³-hybridized carbons (Fsp3) is 0.323. The van der Waals surface area contributed by atoms with Crippen molar-refractivity contribution >= 4 is 46.3 Å². The predicted octanol–water partition coefficient (Wildman–Crippen LogP) is 5.15. The van der Waals surface area contributed by atoms with Crippen molar-refractivity contribution < 1.29 is 33.4 Å². The van der Waals surface area contributed by atoms with Crippen molar-refractivity contribution in [3.05, 3.63) is 75.7 Å². The highest BCUT2D eigenvalue weighted by molar-refractivity contribution is 7.17. The summed E-state index contributed by atoms with van der Waals surface area (Å²) in [7, 11) is 0. The molecule has 0 radical (unpaired) electrons. The summed E-state index contributed by atoms with van der Waals surface area (Å²) < 4.78 is 16.1. The van der Waals surface area contributed by atoms with E-state index in [0.29, 0.717) is 52.1 Å². The van der Waals surface area contributed by atoms with Crippen LogP contribution in [0.2, 0.25) is 0 Å². The Bertz CT molecular complexity index is 1460. The number of carbonyl (C=O) groups is 4. The first-order valence-electron chi connectivity index (χ1n) is 13.8. The summed E-state index contributed by atoms with van der Waals surface area (Å²) in [5.41, 5.74) is 4.38. The van der Waals surface area contributed by atoms with Crippen LogP contribution in [0.1, 0.15) is 70.3 Å². The fourth-order valence-corrected chi connectivity index (χ4v) is 5.72. The van der Waals surface area contributed by atoms with Crippen molar-refractivity contribution in [3.63, 3.8) is 0 Å². The SMILES string of the molecule is CCCOc1ccc(C(=O)Oc2ccc(/C=N\NC(=O)C(=O)Nc3sc4c(c3C(=O)OCC)CC[C@@H](C)C4)cc2)cc1. The Balaban J connectivity index is 1.31. The fourth-order valence-electron chi connectivity index (χ4n) is 4.33. The Morgan fingerprint density at radius 3 is 2.38 bits per heavy atom. The number of nitrogens with one attached hydrogen (secondary N) is 2. The summed E-state index contributed by atoms with van der Waals surface area (Å²) in [6.45, 7) is 6.67. The largest absolute Gasteiger partial charge is 0.494 e. The molecule has 0 spiro atoms. The van der Waals surface area contributed by atoms with Crippen molar-refractivity contribution in [2.24, 2.45) is 11.0 Å². The Kier molecular flexibility index (Phi) is 10.4. The van der Waals surface area contributed by atoms with Crippen LogP contribution in [0.5, 0.6) is 11.5 Å². The number of amides is 2. The maximum absolute atomic E-state index is 12.6. The molecule has 11 heteroatoms. The van der Waals surface area contributed by atoms with Crippen LogP contribution in [0.25, 0.3) is 0 Å². The topological polar surface area (TPSA) is 132 Å². The first-order chi connectivity index (χ1) is 20.3. The number of benzene rings is 2. The maximum atomic E-state index is 12.6. The van der Waals surface area contributed by atoms with Gasteiger partial charge in [0, 0.05) is 4.88 Å². The van der Waals surface area contributed by atoms with Crippen LogP contribution in [0, 0.1) is 5.92 Å². The Morgan fingerprint density at radius 2 is 1.69 bits per heavy atom. The van der Waals surface area contributed by atoms with E-state index in [1.54, 1.807) is 55.5 Å². The van der Waals surface area contributed by atoms with E-state index in [4.69, 9.17) is 14.2 Å². The van der Waals surface area contributed by atoms with E-state index in [9.17, 15) is 19.2 Å². The number of esters is 2. The van der Waals surface area contributed by atoms with Crippen LogP contribution in [-0.2, 0) is 27.2 Å². The smallest absolute Gasteiger partial charge is 0.343 e. The molecule has 1 atom stereocenters. The molecule has 4 rings (SSSR count). The number of hydrogen-bond donors (Lipinski definition) is 2. The molecule has 0 saturated heterocycles. The monoisotopic (exact) mass is 591 g/mol. The van der Waals surface area contributed by atoms with E-state index in [-0.39, 0.29) is 6.61 Å². The van der Waals surface area contributed by atoms with E-state index < -0.39 is 23.8 Å². The maximum Gasteiger partial charge on any atom is 0.343 e. The van der Waals surface area contributed by atoms with Crippen molar-refractivity contribution in [3.8, 4) is 11.5 Å². The average Bonchev–Trinajstić information content (AvgIpc) is 3.34. The molecule has 0 bridgehead atoms. The van der Waals surface area contributed by atoms with Crippen LogP contribution >= 0.6 is 11.3 Å². The molecule has 1 aromatic heterocycles. The van der Waals surface area contributed by atoms with Crippen molar-refractivity contribution in [2.45, 2.75) is 46.5 Å². The second-order valence-electron chi connectivity index (χ2n) is 9.76. The number of thiophene rings is 1. The van der Waals surface area contributed by atoms with Gasteiger partial charge in [0.05, 0.1) is 30.6 Å². The van der Waals surface area contributed by atoms with Gasteiger partial charge in [-0.2, -0.15) is 5.10 Å². The van der Waals surface area contributed by atoms with E-state index in [1.807, 2.05) is 6.92 Å². The first-order valence-corrected chi connectivity index (χ1v) is 14.6. The zero-order valence-corrected chi connectivity index (χ0v) is 24.5. The van der Waals surface area contributed by atoms with Gasteiger partial charge in [0.25, 0.3) is 0 Å². The number of nitrogens with zero attached hydrogens (tertiary/aromatic N) is 1. The molecular weight excluding hydrogens is 558 g/mol. The third-order valence-electron chi connectivity index (χ3n) is 6.46. The minimum absolute atomic E-state index is 0.203. The van der Waals surface area contributed by atoms with Crippen LogP contribution in [0.3, 0.4) is 0 Å². The van der Waals surface area contributed by atoms with Gasteiger partial charge in [-0.1, -0.05) is 13.8 Å². The molecule has 2 N–H and O–H groups in total. The second-order valence-corrected chi connectivity index (χ2v) is 10.9. The first kappa shape index (κ1) is 30.4. The lowest BCUT2D eigenvalue weighted by Gasteiger charge is -2.18. The summed E-state index contributed by atoms with van der Waals surface area (Å²) in [4.78, 5) is 51.1. The summed E-state index contributed by atoms with van der Waals surface area (Å²) in [5.74, 6) is -1.47. The van der Waals surface area contributed by atoms with E-state index in [2.05, 4.69) is 22.8 Å². The lowest BCUT2D eigenvalue weighted by atomic mass is 9.88. The second kappa shape index (κ2) is 14.4. The number of anilines is 1. The molecule has 2 amide bonds. The predicted molar refractivity (Wildman–Crippen MR) is 159 cm³/mol. The Labute approximate surface area is 248 Å². The standard InChI is InChI=1S/C31H33N3O7S/c1-4-16-40-22-13-9-21(10-14-22)30(37)41-23-11-7-20(8-12-23)18-32-34-28(36)27(35)33-29-26(31(38)39-5-2)24-15-6-19(3)17-25(24)42-29/h7-14,18-19H,4-6,15-17H2,1-3H3,(H,33,35)(H,34,36)/b32-18-/t19-/m1/s1. The molecule has 3 aromatic rings. The molecule has 10 nitrogen and oxygen atoms in total. The van der Waals surface area contributed by atoms with Gasteiger partial charge >= 0.3 is 23.8 Å². The quantitative estimate of drug-likeness (QED) is 0.110. The zero-order valence-electron chi connectivity index (χ0n) is 23.7.